The van der Waals surface area contributed by atoms with E-state index in [0.29, 0.717) is 0 Å². The van der Waals surface area contributed by atoms with Crippen molar-refractivity contribution in [2.45, 2.75) is 51.0 Å². The summed E-state index contributed by atoms with van der Waals surface area (Å²) in [5, 5.41) is 0. The zero-order chi connectivity index (χ0) is 14.4. The van der Waals surface area contributed by atoms with E-state index in [4.69, 9.17) is 0 Å². The molecule has 0 saturated carbocycles. The molecule has 0 rings (SSSR count). The lowest BCUT2D eigenvalue weighted by Crippen LogP contribution is -2.11. The summed E-state index contributed by atoms with van der Waals surface area (Å²) in [5.41, 5.74) is 0. The zero-order valence-electron chi connectivity index (χ0n) is 12.5. The highest BCUT2D eigenvalue weighted by Gasteiger charge is 2.20. The summed E-state index contributed by atoms with van der Waals surface area (Å²) in [6.07, 6.45) is 7.89. The third-order valence-electron chi connectivity index (χ3n) is 1.61. The predicted molar refractivity (Wildman–Crippen MR) is 91.2 cm³/mol. The van der Waals surface area contributed by atoms with E-state index in [1.165, 1.54) is 9.81 Å². The summed E-state index contributed by atoms with van der Waals surface area (Å²) in [7, 11) is 0. The highest BCUT2D eigenvalue weighted by Crippen LogP contribution is 2.43. The molecule has 2 heteroatoms. The van der Waals surface area contributed by atoms with Gasteiger partial charge in [-0.3, -0.25) is 0 Å². The number of hydrogen-bond acceptors (Lipinski definition) is 2. The van der Waals surface area contributed by atoms with Gasteiger partial charge in [0.1, 0.15) is 0 Å². The van der Waals surface area contributed by atoms with E-state index in [1.54, 1.807) is 0 Å². The Bertz CT molecular complexity index is 310. The van der Waals surface area contributed by atoms with Crippen LogP contribution in [0.4, 0.5) is 0 Å². The van der Waals surface area contributed by atoms with Gasteiger partial charge in [0.05, 0.1) is 0 Å². The Kier molecular flexibility index (Phi) is 7.16. The van der Waals surface area contributed by atoms with Crippen LogP contribution in [0.3, 0.4) is 0 Å². The van der Waals surface area contributed by atoms with E-state index < -0.39 is 0 Å². The molecule has 0 radical (unpaired) electrons. The van der Waals surface area contributed by atoms with Crippen LogP contribution >= 0.6 is 23.5 Å². The molecule has 0 heterocycles. The monoisotopic (exact) mass is 282 g/mol. The van der Waals surface area contributed by atoms with Crippen molar-refractivity contribution in [2.24, 2.45) is 0 Å². The SMILES string of the molecule is C=C/C=C(SC(C)(C)C)\C(=C/C=C)SC(C)(C)C. The second-order valence-corrected chi connectivity index (χ2v) is 9.70. The van der Waals surface area contributed by atoms with Crippen LogP contribution in [0.1, 0.15) is 41.5 Å². The first-order chi connectivity index (χ1) is 8.09. The molecule has 0 aromatic heterocycles. The Labute approximate surface area is 122 Å². The molecular formula is C16H26S2. The van der Waals surface area contributed by atoms with Gasteiger partial charge in [0.25, 0.3) is 0 Å². The first kappa shape index (κ1) is 17.7. The van der Waals surface area contributed by atoms with Gasteiger partial charge in [0.15, 0.2) is 0 Å². The van der Waals surface area contributed by atoms with Crippen LogP contribution in [-0.2, 0) is 0 Å². The Morgan fingerprint density at radius 3 is 1.17 bits per heavy atom. The molecule has 0 saturated heterocycles. The summed E-state index contributed by atoms with van der Waals surface area (Å²) >= 11 is 3.74. The van der Waals surface area contributed by atoms with Crippen molar-refractivity contribution in [3.8, 4) is 0 Å². The molecule has 0 fully saturated rings. The van der Waals surface area contributed by atoms with Gasteiger partial charge < -0.3 is 0 Å². The largest absolute Gasteiger partial charge is 0.119 e. The smallest absolute Gasteiger partial charge is 0.0213 e. The zero-order valence-corrected chi connectivity index (χ0v) is 14.2. The molecule has 18 heavy (non-hydrogen) atoms. The Morgan fingerprint density at radius 2 is 1.00 bits per heavy atom. The summed E-state index contributed by atoms with van der Waals surface area (Å²) < 4.78 is 0.376. The molecule has 0 aliphatic heterocycles. The molecule has 0 aliphatic carbocycles. The van der Waals surface area contributed by atoms with Crippen LogP contribution in [-0.4, -0.2) is 9.49 Å². The fourth-order valence-electron chi connectivity index (χ4n) is 1.21. The van der Waals surface area contributed by atoms with E-state index in [1.807, 2.05) is 35.7 Å². The van der Waals surface area contributed by atoms with Gasteiger partial charge in [0, 0.05) is 19.3 Å². The first-order valence-corrected chi connectivity index (χ1v) is 7.76. The van der Waals surface area contributed by atoms with Crippen molar-refractivity contribution in [1.29, 1.82) is 0 Å². The first-order valence-electron chi connectivity index (χ1n) is 6.13. The Hall–Kier alpha value is -0.340. The van der Waals surface area contributed by atoms with Crippen molar-refractivity contribution < 1.29 is 0 Å². The van der Waals surface area contributed by atoms with Gasteiger partial charge in [-0.15, -0.1) is 23.5 Å². The van der Waals surface area contributed by atoms with Crippen LogP contribution in [0.5, 0.6) is 0 Å². The lowest BCUT2D eigenvalue weighted by Gasteiger charge is -2.25. The third-order valence-corrected chi connectivity index (χ3v) is 4.12. The standard InChI is InChI=1S/C16H26S2/c1-9-11-13(17-15(3,4)5)14(12-10-2)18-16(6,7)8/h9-12H,1-2H2,3-8H3/b13-11+,14-12+. The normalized spacial score (nSPS) is 14.6. The fraction of sp³-hybridized carbons (Fsp3) is 0.500. The minimum absolute atomic E-state index is 0.188. The molecule has 0 aliphatic rings. The molecule has 102 valence electrons. The van der Waals surface area contributed by atoms with Gasteiger partial charge >= 0.3 is 0 Å². The maximum Gasteiger partial charge on any atom is 0.0213 e. The highest BCUT2D eigenvalue weighted by molar-refractivity contribution is 8.09. The molecular weight excluding hydrogens is 256 g/mol. The molecule has 0 nitrogen and oxygen atoms in total. The molecule has 0 aromatic carbocycles. The van der Waals surface area contributed by atoms with Gasteiger partial charge in [-0.05, 0) is 12.2 Å². The molecule has 0 unspecified atom stereocenters. The van der Waals surface area contributed by atoms with Gasteiger partial charge in [-0.2, -0.15) is 0 Å². The van der Waals surface area contributed by atoms with Crippen molar-refractivity contribution in [1.82, 2.24) is 0 Å². The summed E-state index contributed by atoms with van der Waals surface area (Å²) in [6.45, 7) is 21.0. The molecule has 0 atom stereocenters. The second-order valence-electron chi connectivity index (χ2n) is 5.96. The topological polar surface area (TPSA) is 0 Å². The van der Waals surface area contributed by atoms with Crippen molar-refractivity contribution >= 4 is 23.5 Å². The lowest BCUT2D eigenvalue weighted by molar-refractivity contribution is 0.804. The number of thioether (sulfide) groups is 2. The minimum atomic E-state index is 0.188. The van der Waals surface area contributed by atoms with Gasteiger partial charge in [0.2, 0.25) is 0 Å². The van der Waals surface area contributed by atoms with Crippen molar-refractivity contribution in [3.63, 3.8) is 0 Å². The van der Waals surface area contributed by atoms with Gasteiger partial charge in [-0.1, -0.05) is 66.9 Å². The predicted octanol–water partition coefficient (Wildman–Crippen LogP) is 6.19. The molecule has 0 spiro atoms. The van der Waals surface area contributed by atoms with Crippen molar-refractivity contribution in [2.75, 3.05) is 0 Å². The minimum Gasteiger partial charge on any atom is -0.119 e. The van der Waals surface area contributed by atoms with Crippen LogP contribution < -0.4 is 0 Å². The van der Waals surface area contributed by atoms with Gasteiger partial charge in [-0.25, -0.2) is 0 Å². The lowest BCUT2D eigenvalue weighted by atomic mass is 10.3. The maximum atomic E-state index is 3.82. The molecule has 0 amide bonds. The Balaban J connectivity index is 5.27. The van der Waals surface area contributed by atoms with Crippen LogP contribution in [0, 0.1) is 0 Å². The molecule has 0 N–H and O–H groups in total. The quantitative estimate of drug-likeness (QED) is 0.551. The summed E-state index contributed by atoms with van der Waals surface area (Å²) in [6, 6.07) is 0. The van der Waals surface area contributed by atoms with E-state index >= 15 is 0 Å². The van der Waals surface area contributed by atoms with E-state index in [2.05, 4.69) is 66.9 Å². The second kappa shape index (κ2) is 7.30. The van der Waals surface area contributed by atoms with Crippen LogP contribution in [0.2, 0.25) is 0 Å². The number of rotatable bonds is 5. The average Bonchev–Trinajstić information content (AvgIpc) is 2.12. The van der Waals surface area contributed by atoms with Crippen LogP contribution in [0.15, 0.2) is 47.3 Å². The van der Waals surface area contributed by atoms with E-state index in [0.717, 1.165) is 0 Å². The summed E-state index contributed by atoms with van der Waals surface area (Å²) in [5.74, 6) is 0. The van der Waals surface area contributed by atoms with Crippen LogP contribution in [0.25, 0.3) is 0 Å². The maximum absolute atomic E-state index is 3.82. The Morgan fingerprint density at radius 1 is 0.722 bits per heavy atom. The third kappa shape index (κ3) is 8.71. The summed E-state index contributed by atoms with van der Waals surface area (Å²) in [4.78, 5) is 2.52. The number of allylic oxidation sites excluding steroid dienone is 4. The highest BCUT2D eigenvalue weighted by atomic mass is 32.2. The molecule has 0 bridgehead atoms. The van der Waals surface area contributed by atoms with E-state index in [-0.39, 0.29) is 9.49 Å². The average molecular weight is 283 g/mol. The van der Waals surface area contributed by atoms with E-state index in [9.17, 15) is 0 Å². The fourth-order valence-corrected chi connectivity index (χ4v) is 3.44. The molecule has 0 aromatic rings. The van der Waals surface area contributed by atoms with Crippen molar-refractivity contribution in [3.05, 3.63) is 47.3 Å². The number of hydrogen-bond donors (Lipinski definition) is 0.